The molecule has 0 radical (unpaired) electrons. The Morgan fingerprint density at radius 1 is 1.50 bits per heavy atom. The molecule has 0 spiro atoms. The lowest BCUT2D eigenvalue weighted by Gasteiger charge is -2.38. The second kappa shape index (κ2) is 5.42. The second-order valence-corrected chi connectivity index (χ2v) is 5.81. The van der Waals surface area contributed by atoms with Crippen LogP contribution in [0.4, 0.5) is 0 Å². The summed E-state index contributed by atoms with van der Waals surface area (Å²) in [5, 5.41) is 9.16. The van der Waals surface area contributed by atoms with Gasteiger partial charge in [-0.15, -0.1) is 0 Å². The van der Waals surface area contributed by atoms with E-state index in [9.17, 15) is 4.79 Å². The van der Waals surface area contributed by atoms with Crippen LogP contribution < -0.4 is 0 Å². The van der Waals surface area contributed by atoms with Gasteiger partial charge >= 0.3 is 5.97 Å². The average molecular weight is 316 g/mol. The predicted octanol–water partition coefficient (Wildman–Crippen LogP) is 1.19. The Labute approximate surface area is 115 Å². The molecule has 0 aromatic carbocycles. The number of halogens is 1. The molecule has 1 aromatic heterocycles. The number of nitrogens with zero attached hydrogens (tertiary/aromatic N) is 3. The molecule has 0 aliphatic carbocycles. The van der Waals surface area contributed by atoms with Crippen molar-refractivity contribution in [1.29, 1.82) is 0 Å². The van der Waals surface area contributed by atoms with Crippen molar-refractivity contribution < 1.29 is 9.90 Å². The smallest absolute Gasteiger partial charge is 0.352 e. The number of hydrogen-bond donors (Lipinski definition) is 1. The van der Waals surface area contributed by atoms with Crippen molar-refractivity contribution in [2.75, 3.05) is 33.7 Å². The van der Waals surface area contributed by atoms with Gasteiger partial charge in [-0.05, 0) is 36.1 Å². The number of carboxylic acid groups (broad SMARTS) is 1. The molecule has 1 saturated heterocycles. The SMILES string of the molecule is CN1CCN(C)C(Cn2cc(Br)cc2C(=O)O)C1. The van der Waals surface area contributed by atoms with Crippen LogP contribution in [-0.4, -0.2) is 65.2 Å². The first-order valence-corrected chi connectivity index (χ1v) is 6.74. The van der Waals surface area contributed by atoms with Gasteiger partial charge in [0.25, 0.3) is 0 Å². The van der Waals surface area contributed by atoms with Crippen LogP contribution in [0.15, 0.2) is 16.7 Å². The molecule has 6 heteroatoms. The van der Waals surface area contributed by atoms with Crippen molar-refractivity contribution >= 4 is 21.9 Å². The zero-order chi connectivity index (χ0) is 13.3. The number of likely N-dealkylation sites (N-methyl/N-ethyl adjacent to an activating group) is 2. The lowest BCUT2D eigenvalue weighted by atomic mass is 10.2. The van der Waals surface area contributed by atoms with Gasteiger partial charge in [0.05, 0.1) is 0 Å². The Morgan fingerprint density at radius 2 is 2.22 bits per heavy atom. The molecule has 1 fully saturated rings. The summed E-state index contributed by atoms with van der Waals surface area (Å²) in [5.74, 6) is -0.882. The molecular weight excluding hydrogens is 298 g/mol. The minimum absolute atomic E-state index is 0.337. The van der Waals surface area contributed by atoms with Gasteiger partial charge in [0.1, 0.15) is 5.69 Å². The zero-order valence-corrected chi connectivity index (χ0v) is 12.2. The first kappa shape index (κ1) is 13.6. The highest BCUT2D eigenvalue weighted by Gasteiger charge is 2.24. The minimum Gasteiger partial charge on any atom is -0.477 e. The Kier molecular flexibility index (Phi) is 4.09. The first-order chi connectivity index (χ1) is 8.47. The lowest BCUT2D eigenvalue weighted by Crippen LogP contribution is -2.51. The number of carbonyl (C=O) groups is 1. The van der Waals surface area contributed by atoms with Crippen LogP contribution in [0.5, 0.6) is 0 Å². The van der Waals surface area contributed by atoms with E-state index in [1.807, 2.05) is 10.8 Å². The summed E-state index contributed by atoms with van der Waals surface area (Å²) in [6.07, 6.45) is 1.84. The van der Waals surface area contributed by atoms with Crippen LogP contribution >= 0.6 is 15.9 Å². The maximum absolute atomic E-state index is 11.2. The van der Waals surface area contributed by atoms with E-state index in [1.165, 1.54) is 0 Å². The van der Waals surface area contributed by atoms with Gasteiger partial charge < -0.3 is 14.6 Å². The van der Waals surface area contributed by atoms with Crippen LogP contribution in [0.3, 0.4) is 0 Å². The standard InChI is InChI=1S/C12H18BrN3O2/c1-14-3-4-15(2)10(7-14)8-16-6-9(13)5-11(16)12(17)18/h5-6,10H,3-4,7-8H2,1-2H3,(H,17,18). The van der Waals surface area contributed by atoms with E-state index < -0.39 is 5.97 Å². The highest BCUT2D eigenvalue weighted by molar-refractivity contribution is 9.10. The molecule has 0 bridgehead atoms. The molecule has 2 heterocycles. The minimum atomic E-state index is -0.882. The van der Waals surface area contributed by atoms with Crippen molar-refractivity contribution in [2.24, 2.45) is 0 Å². The Balaban J connectivity index is 2.15. The fourth-order valence-corrected chi connectivity index (χ4v) is 2.79. The summed E-state index contributed by atoms with van der Waals surface area (Å²) in [6.45, 7) is 3.75. The summed E-state index contributed by atoms with van der Waals surface area (Å²) in [5.41, 5.74) is 0.337. The van der Waals surface area contributed by atoms with Gasteiger partial charge in [0.2, 0.25) is 0 Å². The summed E-state index contributed by atoms with van der Waals surface area (Å²) < 4.78 is 2.62. The van der Waals surface area contributed by atoms with Crippen molar-refractivity contribution in [3.05, 3.63) is 22.4 Å². The Morgan fingerprint density at radius 3 is 2.89 bits per heavy atom. The zero-order valence-electron chi connectivity index (χ0n) is 10.6. The van der Waals surface area contributed by atoms with Crippen LogP contribution in [0.25, 0.3) is 0 Å². The van der Waals surface area contributed by atoms with Crippen LogP contribution in [0.2, 0.25) is 0 Å². The summed E-state index contributed by atoms with van der Waals surface area (Å²) in [4.78, 5) is 15.7. The lowest BCUT2D eigenvalue weighted by molar-refractivity contribution is 0.0675. The van der Waals surface area contributed by atoms with Gasteiger partial charge in [-0.3, -0.25) is 4.90 Å². The maximum atomic E-state index is 11.2. The molecular formula is C12H18BrN3O2. The molecule has 2 rings (SSSR count). The van der Waals surface area contributed by atoms with Gasteiger partial charge in [0.15, 0.2) is 0 Å². The van der Waals surface area contributed by atoms with E-state index in [4.69, 9.17) is 5.11 Å². The van der Waals surface area contributed by atoms with Crippen molar-refractivity contribution in [3.8, 4) is 0 Å². The first-order valence-electron chi connectivity index (χ1n) is 5.95. The largest absolute Gasteiger partial charge is 0.477 e. The van der Waals surface area contributed by atoms with E-state index in [2.05, 4.69) is 39.8 Å². The van der Waals surface area contributed by atoms with Crippen molar-refractivity contribution in [3.63, 3.8) is 0 Å². The number of rotatable bonds is 3. The van der Waals surface area contributed by atoms with E-state index >= 15 is 0 Å². The number of aromatic nitrogens is 1. The molecule has 1 N–H and O–H groups in total. The maximum Gasteiger partial charge on any atom is 0.352 e. The van der Waals surface area contributed by atoms with E-state index in [1.54, 1.807) is 6.07 Å². The fraction of sp³-hybridized carbons (Fsp3) is 0.583. The number of carboxylic acids is 1. The van der Waals surface area contributed by atoms with E-state index in [0.717, 1.165) is 24.1 Å². The summed E-state index contributed by atoms with van der Waals surface area (Å²) >= 11 is 3.33. The van der Waals surface area contributed by atoms with Crippen molar-refractivity contribution in [1.82, 2.24) is 14.4 Å². The average Bonchev–Trinajstić information content (AvgIpc) is 2.65. The quantitative estimate of drug-likeness (QED) is 0.910. The van der Waals surface area contributed by atoms with Crippen LogP contribution in [0, 0.1) is 0 Å². The number of hydrogen-bond acceptors (Lipinski definition) is 3. The molecule has 0 saturated carbocycles. The summed E-state index contributed by atoms with van der Waals surface area (Å²) in [6, 6.07) is 2.00. The number of piperazine rings is 1. The number of aromatic carboxylic acids is 1. The second-order valence-electron chi connectivity index (χ2n) is 4.90. The van der Waals surface area contributed by atoms with Gasteiger partial charge in [0, 0.05) is 42.9 Å². The molecule has 100 valence electrons. The highest BCUT2D eigenvalue weighted by atomic mass is 79.9. The molecule has 1 atom stereocenters. The van der Waals surface area contributed by atoms with E-state index in [0.29, 0.717) is 18.3 Å². The third kappa shape index (κ3) is 2.93. The van der Waals surface area contributed by atoms with Crippen LogP contribution in [-0.2, 0) is 6.54 Å². The molecule has 1 aliphatic heterocycles. The summed E-state index contributed by atoms with van der Waals surface area (Å²) in [7, 11) is 4.19. The van der Waals surface area contributed by atoms with Gasteiger partial charge in [-0.25, -0.2) is 4.79 Å². The Hall–Kier alpha value is -0.850. The molecule has 18 heavy (non-hydrogen) atoms. The molecule has 0 amide bonds. The highest BCUT2D eigenvalue weighted by Crippen LogP contribution is 2.17. The van der Waals surface area contributed by atoms with E-state index in [-0.39, 0.29) is 0 Å². The monoisotopic (exact) mass is 315 g/mol. The third-order valence-electron chi connectivity index (χ3n) is 3.47. The fourth-order valence-electron chi connectivity index (χ4n) is 2.33. The predicted molar refractivity (Wildman–Crippen MR) is 73.0 cm³/mol. The molecule has 5 nitrogen and oxygen atoms in total. The molecule has 1 unspecified atom stereocenters. The topological polar surface area (TPSA) is 48.7 Å². The third-order valence-corrected chi connectivity index (χ3v) is 3.90. The molecule has 1 aromatic rings. The van der Waals surface area contributed by atoms with Crippen LogP contribution in [0.1, 0.15) is 10.5 Å². The van der Waals surface area contributed by atoms with Crippen molar-refractivity contribution in [2.45, 2.75) is 12.6 Å². The molecule has 1 aliphatic rings. The Bertz CT molecular complexity index is 447. The van der Waals surface area contributed by atoms with Gasteiger partial charge in [-0.2, -0.15) is 0 Å². The normalized spacial score (nSPS) is 22.3. The van der Waals surface area contributed by atoms with Gasteiger partial charge in [-0.1, -0.05) is 0 Å².